The van der Waals surface area contributed by atoms with Crippen LogP contribution in [0.2, 0.25) is 0 Å². The minimum atomic E-state index is -0.373. The van der Waals surface area contributed by atoms with Crippen molar-refractivity contribution >= 4 is 11.9 Å². The van der Waals surface area contributed by atoms with Gasteiger partial charge in [0.15, 0.2) is 0 Å². The standard InChI is InChI=1S/C26H31NO3/c1-6-30-26(29)24(21-13-16(2)12-17(3)14-21)20-10-11-22(15-20)27-25(28)23-9-7-8-18(4)19(23)5/h7-14,20,22,24H,6,15H2,1-5H3,(H,27,28)/t20-,22-,24-/m0/s1. The lowest BCUT2D eigenvalue weighted by Gasteiger charge is -2.23. The van der Waals surface area contributed by atoms with Gasteiger partial charge < -0.3 is 10.1 Å². The van der Waals surface area contributed by atoms with Gasteiger partial charge in [-0.1, -0.05) is 53.6 Å². The zero-order valence-corrected chi connectivity index (χ0v) is 18.5. The van der Waals surface area contributed by atoms with Crippen molar-refractivity contribution in [3.8, 4) is 0 Å². The highest BCUT2D eigenvalue weighted by molar-refractivity contribution is 5.96. The number of hydrogen-bond acceptors (Lipinski definition) is 3. The van der Waals surface area contributed by atoms with Crippen molar-refractivity contribution in [3.63, 3.8) is 0 Å². The molecule has 2 aromatic carbocycles. The summed E-state index contributed by atoms with van der Waals surface area (Å²) in [6, 6.07) is 11.9. The van der Waals surface area contributed by atoms with Gasteiger partial charge in [0.05, 0.1) is 12.5 Å². The summed E-state index contributed by atoms with van der Waals surface area (Å²) in [6.07, 6.45) is 4.73. The number of rotatable bonds is 6. The number of ether oxygens (including phenoxy) is 1. The van der Waals surface area contributed by atoms with Crippen molar-refractivity contribution in [2.75, 3.05) is 6.61 Å². The molecule has 0 saturated carbocycles. The summed E-state index contributed by atoms with van der Waals surface area (Å²) in [5.41, 5.74) is 6.01. The molecule has 0 unspecified atom stereocenters. The van der Waals surface area contributed by atoms with E-state index in [4.69, 9.17) is 4.74 Å². The third-order valence-corrected chi connectivity index (χ3v) is 5.85. The van der Waals surface area contributed by atoms with Crippen LogP contribution in [0.4, 0.5) is 0 Å². The van der Waals surface area contributed by atoms with E-state index in [9.17, 15) is 9.59 Å². The molecule has 0 aromatic heterocycles. The van der Waals surface area contributed by atoms with Crippen molar-refractivity contribution in [1.29, 1.82) is 0 Å². The molecule has 30 heavy (non-hydrogen) atoms. The number of amides is 1. The molecule has 1 aliphatic carbocycles. The van der Waals surface area contributed by atoms with Crippen LogP contribution in [0.25, 0.3) is 0 Å². The number of aryl methyl sites for hydroxylation is 3. The van der Waals surface area contributed by atoms with Gasteiger partial charge in [-0.3, -0.25) is 9.59 Å². The van der Waals surface area contributed by atoms with Crippen LogP contribution < -0.4 is 5.32 Å². The molecule has 0 radical (unpaired) electrons. The van der Waals surface area contributed by atoms with Crippen LogP contribution in [-0.4, -0.2) is 24.5 Å². The lowest BCUT2D eigenvalue weighted by molar-refractivity contribution is -0.146. The Morgan fingerprint density at radius 2 is 1.77 bits per heavy atom. The summed E-state index contributed by atoms with van der Waals surface area (Å²) in [6.45, 7) is 10.2. The fourth-order valence-corrected chi connectivity index (χ4v) is 4.30. The molecule has 3 rings (SSSR count). The van der Waals surface area contributed by atoms with Crippen LogP contribution in [0.3, 0.4) is 0 Å². The lowest BCUT2D eigenvalue weighted by atomic mass is 9.84. The van der Waals surface area contributed by atoms with Gasteiger partial charge in [0.1, 0.15) is 0 Å². The van der Waals surface area contributed by atoms with Gasteiger partial charge in [-0.25, -0.2) is 0 Å². The van der Waals surface area contributed by atoms with Gasteiger partial charge >= 0.3 is 5.97 Å². The Kier molecular flexibility index (Phi) is 6.76. The summed E-state index contributed by atoms with van der Waals surface area (Å²) in [5, 5.41) is 3.12. The number of esters is 1. The molecule has 158 valence electrons. The molecule has 3 atom stereocenters. The minimum absolute atomic E-state index is 0.0193. The number of nitrogens with one attached hydrogen (secondary N) is 1. The van der Waals surface area contributed by atoms with Crippen molar-refractivity contribution < 1.29 is 14.3 Å². The molecule has 1 amide bonds. The van der Waals surface area contributed by atoms with Crippen LogP contribution in [0.1, 0.15) is 57.4 Å². The predicted molar refractivity (Wildman–Crippen MR) is 120 cm³/mol. The van der Waals surface area contributed by atoms with Gasteiger partial charge in [0.2, 0.25) is 0 Å². The maximum Gasteiger partial charge on any atom is 0.314 e. The number of carbonyl (C=O) groups excluding carboxylic acids is 2. The van der Waals surface area contributed by atoms with E-state index in [0.29, 0.717) is 18.6 Å². The van der Waals surface area contributed by atoms with Gasteiger partial charge in [-0.2, -0.15) is 0 Å². The average Bonchev–Trinajstić information content (AvgIpc) is 3.11. The largest absolute Gasteiger partial charge is 0.466 e. The van der Waals surface area contributed by atoms with E-state index in [-0.39, 0.29) is 29.8 Å². The Balaban J connectivity index is 1.78. The summed E-state index contributed by atoms with van der Waals surface area (Å²) in [5.74, 6) is -0.680. The Morgan fingerprint density at radius 1 is 1.07 bits per heavy atom. The second-order valence-electron chi connectivity index (χ2n) is 8.26. The molecule has 1 aliphatic rings. The highest BCUT2D eigenvalue weighted by Crippen LogP contribution is 2.35. The van der Waals surface area contributed by atoms with Crippen molar-refractivity contribution in [2.45, 2.75) is 53.0 Å². The maximum atomic E-state index is 12.8. The monoisotopic (exact) mass is 405 g/mol. The first-order valence-electron chi connectivity index (χ1n) is 10.6. The van der Waals surface area contributed by atoms with E-state index in [1.807, 2.05) is 65.0 Å². The summed E-state index contributed by atoms with van der Waals surface area (Å²) in [4.78, 5) is 25.7. The first-order valence-corrected chi connectivity index (χ1v) is 10.6. The third-order valence-electron chi connectivity index (χ3n) is 5.85. The van der Waals surface area contributed by atoms with Crippen molar-refractivity contribution in [3.05, 3.63) is 81.9 Å². The van der Waals surface area contributed by atoms with Crippen LogP contribution in [-0.2, 0) is 9.53 Å². The molecular weight excluding hydrogens is 374 g/mol. The average molecular weight is 406 g/mol. The minimum Gasteiger partial charge on any atom is -0.466 e. The number of carbonyl (C=O) groups is 2. The van der Waals surface area contributed by atoms with E-state index in [0.717, 1.165) is 27.8 Å². The zero-order chi connectivity index (χ0) is 21.8. The quantitative estimate of drug-likeness (QED) is 0.547. The van der Waals surface area contributed by atoms with Crippen LogP contribution in [0.5, 0.6) is 0 Å². The van der Waals surface area contributed by atoms with Crippen LogP contribution >= 0.6 is 0 Å². The fraction of sp³-hybridized carbons (Fsp3) is 0.385. The molecule has 1 N–H and O–H groups in total. The Labute approximate surface area is 179 Å². The molecule has 0 heterocycles. The first kappa shape index (κ1) is 21.8. The summed E-state index contributed by atoms with van der Waals surface area (Å²) < 4.78 is 5.40. The maximum absolute atomic E-state index is 12.8. The van der Waals surface area contributed by atoms with E-state index in [1.165, 1.54) is 0 Å². The first-order chi connectivity index (χ1) is 14.3. The van der Waals surface area contributed by atoms with E-state index in [1.54, 1.807) is 0 Å². The highest BCUT2D eigenvalue weighted by Gasteiger charge is 2.34. The zero-order valence-electron chi connectivity index (χ0n) is 18.5. The molecule has 4 nitrogen and oxygen atoms in total. The predicted octanol–water partition coefficient (Wildman–Crippen LogP) is 4.94. The molecular formula is C26H31NO3. The lowest BCUT2D eigenvalue weighted by Crippen LogP contribution is -2.34. The van der Waals surface area contributed by atoms with Crippen molar-refractivity contribution in [2.24, 2.45) is 5.92 Å². The fourth-order valence-electron chi connectivity index (χ4n) is 4.30. The van der Waals surface area contributed by atoms with Crippen molar-refractivity contribution in [1.82, 2.24) is 5.32 Å². The molecule has 2 aromatic rings. The molecule has 0 aliphatic heterocycles. The molecule has 4 heteroatoms. The number of hydrogen-bond donors (Lipinski definition) is 1. The smallest absolute Gasteiger partial charge is 0.314 e. The number of benzene rings is 2. The third kappa shape index (κ3) is 4.81. The topological polar surface area (TPSA) is 55.4 Å². The van der Waals surface area contributed by atoms with Crippen LogP contribution in [0.15, 0.2) is 48.6 Å². The SMILES string of the molecule is CCOC(=O)[C@H](c1cc(C)cc(C)c1)[C@H]1C=C[C@H](NC(=O)c2cccc(C)c2C)C1. The highest BCUT2D eigenvalue weighted by atomic mass is 16.5. The van der Waals surface area contributed by atoms with Gasteiger partial charge in [0, 0.05) is 11.6 Å². The second-order valence-corrected chi connectivity index (χ2v) is 8.26. The Morgan fingerprint density at radius 3 is 2.43 bits per heavy atom. The van der Waals surface area contributed by atoms with E-state index in [2.05, 4.69) is 23.5 Å². The van der Waals surface area contributed by atoms with Gasteiger partial charge in [0.25, 0.3) is 5.91 Å². The Bertz CT molecular complexity index is 956. The van der Waals surface area contributed by atoms with E-state index >= 15 is 0 Å². The molecule has 0 bridgehead atoms. The molecule has 0 spiro atoms. The normalized spacial score (nSPS) is 18.8. The van der Waals surface area contributed by atoms with Crippen LogP contribution in [0, 0.1) is 33.6 Å². The van der Waals surface area contributed by atoms with Gasteiger partial charge in [-0.05, 0) is 69.7 Å². The van der Waals surface area contributed by atoms with E-state index < -0.39 is 0 Å². The Hall–Kier alpha value is -2.88. The molecule has 0 saturated heterocycles. The summed E-state index contributed by atoms with van der Waals surface area (Å²) in [7, 11) is 0. The number of allylic oxidation sites excluding steroid dienone is 1. The summed E-state index contributed by atoms with van der Waals surface area (Å²) >= 11 is 0. The van der Waals surface area contributed by atoms with Gasteiger partial charge in [-0.15, -0.1) is 0 Å². The molecule has 0 fully saturated rings. The second kappa shape index (κ2) is 9.29.